The normalized spacial score (nSPS) is 11.7. The standard InChI is InChI=1S/C13H21N5O2/c1-5-16-9-10(15-12(16)14)18(7-8(3)4)13(20)17(6-2)11(9)19/h8H,5-7H2,1-4H3,(H2,14,15). The average molecular weight is 279 g/mol. The van der Waals surface area contributed by atoms with Crippen molar-refractivity contribution in [2.75, 3.05) is 5.73 Å². The van der Waals surface area contributed by atoms with Crippen LogP contribution in [0.2, 0.25) is 0 Å². The molecule has 0 atom stereocenters. The molecule has 2 heterocycles. The number of nitrogen functional groups attached to an aromatic ring is 1. The van der Waals surface area contributed by atoms with Gasteiger partial charge in [0.1, 0.15) is 0 Å². The van der Waals surface area contributed by atoms with Gasteiger partial charge in [-0.25, -0.2) is 4.79 Å². The quantitative estimate of drug-likeness (QED) is 0.889. The fraction of sp³-hybridized carbons (Fsp3) is 0.615. The lowest BCUT2D eigenvalue weighted by Gasteiger charge is -2.12. The molecule has 0 aliphatic heterocycles. The smallest absolute Gasteiger partial charge is 0.332 e. The maximum absolute atomic E-state index is 12.4. The fourth-order valence-corrected chi connectivity index (χ4v) is 2.44. The monoisotopic (exact) mass is 279 g/mol. The van der Waals surface area contributed by atoms with E-state index < -0.39 is 0 Å². The number of nitrogens with zero attached hydrogens (tertiary/aromatic N) is 4. The summed E-state index contributed by atoms with van der Waals surface area (Å²) in [4.78, 5) is 29.1. The van der Waals surface area contributed by atoms with Crippen LogP contribution in [-0.2, 0) is 19.6 Å². The maximum Gasteiger partial charge on any atom is 0.332 e. The van der Waals surface area contributed by atoms with E-state index in [1.54, 1.807) is 16.1 Å². The van der Waals surface area contributed by atoms with Gasteiger partial charge >= 0.3 is 5.69 Å². The highest BCUT2D eigenvalue weighted by atomic mass is 16.2. The first-order valence-corrected chi connectivity index (χ1v) is 6.91. The number of anilines is 1. The van der Waals surface area contributed by atoms with E-state index in [4.69, 9.17) is 5.73 Å². The van der Waals surface area contributed by atoms with Crippen LogP contribution in [0.4, 0.5) is 5.95 Å². The first-order valence-electron chi connectivity index (χ1n) is 6.91. The molecule has 20 heavy (non-hydrogen) atoms. The lowest BCUT2D eigenvalue weighted by atomic mass is 10.2. The molecule has 0 aliphatic rings. The Bertz CT molecular complexity index is 751. The van der Waals surface area contributed by atoms with Crippen LogP contribution in [0.1, 0.15) is 27.7 Å². The number of aromatic nitrogens is 4. The van der Waals surface area contributed by atoms with Gasteiger partial charge in [-0.15, -0.1) is 0 Å². The molecule has 0 saturated heterocycles. The minimum atomic E-state index is -0.321. The molecule has 0 amide bonds. The van der Waals surface area contributed by atoms with Crippen molar-refractivity contribution in [3.63, 3.8) is 0 Å². The molecular weight excluding hydrogens is 258 g/mol. The van der Waals surface area contributed by atoms with E-state index in [-0.39, 0.29) is 23.1 Å². The van der Waals surface area contributed by atoms with Crippen LogP contribution in [0.5, 0.6) is 0 Å². The van der Waals surface area contributed by atoms with Crippen LogP contribution >= 0.6 is 0 Å². The second-order valence-electron chi connectivity index (χ2n) is 5.22. The molecule has 7 heteroatoms. The van der Waals surface area contributed by atoms with Crippen LogP contribution in [-0.4, -0.2) is 18.7 Å². The minimum absolute atomic E-state index is 0.269. The summed E-state index contributed by atoms with van der Waals surface area (Å²) in [7, 11) is 0. The van der Waals surface area contributed by atoms with Gasteiger partial charge in [-0.05, 0) is 19.8 Å². The van der Waals surface area contributed by atoms with Crippen molar-refractivity contribution in [2.24, 2.45) is 5.92 Å². The van der Waals surface area contributed by atoms with E-state index in [9.17, 15) is 9.59 Å². The van der Waals surface area contributed by atoms with Crippen LogP contribution in [0, 0.1) is 5.92 Å². The highest BCUT2D eigenvalue weighted by Crippen LogP contribution is 2.14. The Hall–Kier alpha value is -2.05. The number of hydrogen-bond donors (Lipinski definition) is 1. The van der Waals surface area contributed by atoms with Crippen molar-refractivity contribution in [1.82, 2.24) is 18.7 Å². The van der Waals surface area contributed by atoms with Crippen molar-refractivity contribution in [2.45, 2.75) is 47.3 Å². The van der Waals surface area contributed by atoms with E-state index in [1.165, 1.54) is 4.57 Å². The lowest BCUT2D eigenvalue weighted by molar-refractivity contribution is 0.491. The third-order valence-corrected chi connectivity index (χ3v) is 3.32. The Morgan fingerprint density at radius 1 is 1.10 bits per heavy atom. The molecule has 0 radical (unpaired) electrons. The predicted octanol–water partition coefficient (Wildman–Crippen LogP) is 0.638. The van der Waals surface area contributed by atoms with Crippen molar-refractivity contribution in [1.29, 1.82) is 0 Å². The largest absolute Gasteiger partial charge is 0.369 e. The van der Waals surface area contributed by atoms with E-state index >= 15 is 0 Å². The summed E-state index contributed by atoms with van der Waals surface area (Å²) >= 11 is 0. The lowest BCUT2D eigenvalue weighted by Crippen LogP contribution is -2.40. The topological polar surface area (TPSA) is 87.8 Å². The second-order valence-corrected chi connectivity index (χ2v) is 5.22. The van der Waals surface area contributed by atoms with E-state index in [2.05, 4.69) is 4.98 Å². The van der Waals surface area contributed by atoms with Crippen LogP contribution in [0.3, 0.4) is 0 Å². The number of hydrogen-bond acceptors (Lipinski definition) is 4. The van der Waals surface area contributed by atoms with Gasteiger partial charge in [0, 0.05) is 19.6 Å². The molecule has 0 fully saturated rings. The summed E-state index contributed by atoms with van der Waals surface area (Å²) < 4.78 is 4.44. The Labute approximate surface area is 116 Å². The van der Waals surface area contributed by atoms with Crippen LogP contribution in [0.25, 0.3) is 11.2 Å². The molecule has 2 aromatic rings. The van der Waals surface area contributed by atoms with Crippen molar-refractivity contribution < 1.29 is 0 Å². The van der Waals surface area contributed by atoms with Gasteiger partial charge in [0.2, 0.25) is 5.95 Å². The predicted molar refractivity (Wildman–Crippen MR) is 78.9 cm³/mol. The van der Waals surface area contributed by atoms with E-state index in [0.29, 0.717) is 30.8 Å². The summed E-state index contributed by atoms with van der Waals surface area (Å²) in [6, 6.07) is 0. The van der Waals surface area contributed by atoms with Gasteiger partial charge in [0.05, 0.1) is 0 Å². The summed E-state index contributed by atoms with van der Waals surface area (Å²) in [6.07, 6.45) is 0. The van der Waals surface area contributed by atoms with Crippen molar-refractivity contribution >= 4 is 17.1 Å². The first kappa shape index (κ1) is 14.4. The number of rotatable bonds is 4. The van der Waals surface area contributed by atoms with Crippen LogP contribution < -0.4 is 17.0 Å². The molecule has 2 N–H and O–H groups in total. The SMILES string of the molecule is CCn1c(=O)c2c(nc(N)n2CC)n(CC(C)C)c1=O. The molecule has 0 unspecified atom stereocenters. The highest BCUT2D eigenvalue weighted by molar-refractivity contribution is 5.73. The summed E-state index contributed by atoms with van der Waals surface area (Å²) in [5.74, 6) is 0.539. The number of fused-ring (bicyclic) bond motifs is 1. The molecule has 0 bridgehead atoms. The van der Waals surface area contributed by atoms with Gasteiger partial charge < -0.3 is 10.3 Å². The molecule has 2 rings (SSSR count). The Morgan fingerprint density at radius 3 is 2.20 bits per heavy atom. The average Bonchev–Trinajstić information content (AvgIpc) is 2.71. The summed E-state index contributed by atoms with van der Waals surface area (Å²) in [5.41, 5.74) is 6.02. The molecule has 7 nitrogen and oxygen atoms in total. The first-order chi connectivity index (χ1) is 9.42. The third-order valence-electron chi connectivity index (χ3n) is 3.32. The van der Waals surface area contributed by atoms with Gasteiger partial charge in [0.25, 0.3) is 5.56 Å². The molecule has 0 spiro atoms. The number of imidazole rings is 1. The van der Waals surface area contributed by atoms with E-state index in [0.717, 1.165) is 0 Å². The minimum Gasteiger partial charge on any atom is -0.369 e. The molecule has 0 aromatic carbocycles. The fourth-order valence-electron chi connectivity index (χ4n) is 2.44. The maximum atomic E-state index is 12.4. The molecular formula is C13H21N5O2. The molecule has 110 valence electrons. The van der Waals surface area contributed by atoms with Gasteiger partial charge in [0.15, 0.2) is 11.2 Å². The summed E-state index contributed by atoms with van der Waals surface area (Å²) in [5, 5.41) is 0. The Balaban J connectivity index is 2.98. The Morgan fingerprint density at radius 2 is 1.70 bits per heavy atom. The number of nitrogens with two attached hydrogens (primary N) is 1. The van der Waals surface area contributed by atoms with E-state index in [1.807, 2.05) is 20.8 Å². The van der Waals surface area contributed by atoms with Gasteiger partial charge in [-0.2, -0.15) is 4.98 Å². The van der Waals surface area contributed by atoms with Gasteiger partial charge in [-0.1, -0.05) is 13.8 Å². The summed E-state index contributed by atoms with van der Waals surface area (Å²) in [6.45, 7) is 9.09. The van der Waals surface area contributed by atoms with Gasteiger partial charge in [-0.3, -0.25) is 13.9 Å². The zero-order valence-corrected chi connectivity index (χ0v) is 12.4. The highest BCUT2D eigenvalue weighted by Gasteiger charge is 2.19. The third kappa shape index (κ3) is 2.03. The zero-order chi connectivity index (χ0) is 15.0. The Kier molecular flexibility index (Phi) is 3.69. The molecule has 0 saturated carbocycles. The number of aryl methyl sites for hydroxylation is 1. The van der Waals surface area contributed by atoms with Crippen molar-refractivity contribution in [3.05, 3.63) is 20.8 Å². The molecule has 0 aliphatic carbocycles. The van der Waals surface area contributed by atoms with Crippen molar-refractivity contribution in [3.8, 4) is 0 Å². The second kappa shape index (κ2) is 5.15. The zero-order valence-electron chi connectivity index (χ0n) is 12.4. The molecule has 2 aromatic heterocycles. The van der Waals surface area contributed by atoms with Crippen LogP contribution in [0.15, 0.2) is 9.59 Å².